The van der Waals surface area contributed by atoms with Crippen LogP contribution in [0.1, 0.15) is 34.8 Å². The lowest BCUT2D eigenvalue weighted by Crippen LogP contribution is -2.44. The fraction of sp³-hybridized carbons (Fsp3) is 0.241. The molecular weight excluding hydrogens is 536 g/mol. The van der Waals surface area contributed by atoms with Gasteiger partial charge in [-0.1, -0.05) is 47.1 Å². The number of amides is 2. The molecule has 0 aliphatic carbocycles. The minimum absolute atomic E-state index is 0.00476. The Bertz CT molecular complexity index is 1320. The van der Waals surface area contributed by atoms with Gasteiger partial charge < -0.3 is 25.2 Å². The van der Waals surface area contributed by atoms with E-state index in [4.69, 9.17) is 9.84 Å². The van der Waals surface area contributed by atoms with E-state index in [1.807, 2.05) is 30.3 Å². The number of carbonyl (C=O) groups excluding carboxylic acids is 2. The van der Waals surface area contributed by atoms with E-state index in [-0.39, 0.29) is 19.1 Å². The molecule has 8 heteroatoms. The van der Waals surface area contributed by atoms with Gasteiger partial charge >= 0.3 is 0 Å². The Morgan fingerprint density at radius 2 is 1.92 bits per heavy atom. The molecule has 0 radical (unpaired) electrons. The number of aliphatic hydroxyl groups is 2. The predicted molar refractivity (Wildman–Crippen MR) is 147 cm³/mol. The van der Waals surface area contributed by atoms with E-state index in [0.717, 1.165) is 10.0 Å². The number of nitrogens with one attached hydrogen (secondary N) is 1. The van der Waals surface area contributed by atoms with Gasteiger partial charge in [0, 0.05) is 33.8 Å². The van der Waals surface area contributed by atoms with Gasteiger partial charge in [0.2, 0.25) is 0 Å². The molecule has 0 saturated heterocycles. The van der Waals surface area contributed by atoms with Crippen molar-refractivity contribution in [2.45, 2.75) is 25.5 Å². The summed E-state index contributed by atoms with van der Waals surface area (Å²) in [7, 11) is 1.57. The lowest BCUT2D eigenvalue weighted by Gasteiger charge is -2.27. The molecular formula is C29H29BrN2O5. The first-order chi connectivity index (χ1) is 17.8. The second-order valence-electron chi connectivity index (χ2n) is 8.93. The Balaban J connectivity index is 1.58. The summed E-state index contributed by atoms with van der Waals surface area (Å²) in [5, 5.41) is 23.7. The number of fused-ring (bicyclic) bond motifs is 1. The Morgan fingerprint density at radius 1 is 1.16 bits per heavy atom. The monoisotopic (exact) mass is 564 g/mol. The standard InChI is InChI=1S/C29H29BrN2O5/c1-19(6-3-4-15-33)29(36)25-17-22(30)11-14-26(25)32(28(29)35)18-20-7-5-8-23(16-20)31-27(34)21-9-12-24(37-2)13-10-21/h3,5-14,16-17,19,33,36H,4,15,18H2,1-2H3,(H,31,34)/b6-3+/t19-,29+/m0/s1. The van der Waals surface area contributed by atoms with E-state index >= 15 is 0 Å². The average molecular weight is 565 g/mol. The highest BCUT2D eigenvalue weighted by Gasteiger charge is 2.52. The van der Waals surface area contributed by atoms with Crippen LogP contribution in [0.4, 0.5) is 11.4 Å². The summed E-state index contributed by atoms with van der Waals surface area (Å²) in [6, 6.07) is 19.5. The number of hydrogen-bond donors (Lipinski definition) is 3. The largest absolute Gasteiger partial charge is 0.497 e. The lowest BCUT2D eigenvalue weighted by molar-refractivity contribution is -0.139. The van der Waals surface area contributed by atoms with Gasteiger partial charge in [-0.2, -0.15) is 0 Å². The summed E-state index contributed by atoms with van der Waals surface area (Å²) in [5.74, 6) is -0.529. The van der Waals surface area contributed by atoms with Crippen molar-refractivity contribution >= 4 is 39.1 Å². The first-order valence-electron chi connectivity index (χ1n) is 11.9. The molecule has 2 atom stereocenters. The van der Waals surface area contributed by atoms with Gasteiger partial charge in [0.05, 0.1) is 19.3 Å². The van der Waals surface area contributed by atoms with Gasteiger partial charge in [0.15, 0.2) is 5.60 Å². The molecule has 1 aliphatic rings. The first kappa shape index (κ1) is 26.6. The van der Waals surface area contributed by atoms with Crippen LogP contribution in [-0.4, -0.2) is 35.7 Å². The number of anilines is 2. The Hall–Kier alpha value is -3.46. The molecule has 0 fully saturated rings. The summed E-state index contributed by atoms with van der Waals surface area (Å²) >= 11 is 3.46. The maximum atomic E-state index is 13.7. The lowest BCUT2D eigenvalue weighted by atomic mass is 9.83. The van der Waals surface area contributed by atoms with Crippen LogP contribution >= 0.6 is 15.9 Å². The normalized spacial score (nSPS) is 17.6. The van der Waals surface area contributed by atoms with Gasteiger partial charge in [0.1, 0.15) is 5.75 Å². The Morgan fingerprint density at radius 3 is 2.62 bits per heavy atom. The van der Waals surface area contributed by atoms with Crippen molar-refractivity contribution in [1.82, 2.24) is 0 Å². The molecule has 7 nitrogen and oxygen atoms in total. The zero-order valence-corrected chi connectivity index (χ0v) is 22.2. The Labute approximate surface area is 224 Å². The molecule has 0 saturated carbocycles. The van der Waals surface area contributed by atoms with Crippen LogP contribution in [0.3, 0.4) is 0 Å². The van der Waals surface area contributed by atoms with Crippen molar-refractivity contribution in [3.05, 3.63) is 100 Å². The van der Waals surface area contributed by atoms with Crippen molar-refractivity contribution in [2.24, 2.45) is 5.92 Å². The molecule has 0 spiro atoms. The summed E-state index contributed by atoms with van der Waals surface area (Å²) < 4.78 is 5.90. The molecule has 4 rings (SSSR count). The van der Waals surface area contributed by atoms with E-state index in [1.165, 1.54) is 0 Å². The first-order valence-corrected chi connectivity index (χ1v) is 12.7. The summed E-state index contributed by atoms with van der Waals surface area (Å²) in [6.07, 6.45) is 3.97. The number of ether oxygens (including phenoxy) is 1. The van der Waals surface area contributed by atoms with Crippen LogP contribution < -0.4 is 15.0 Å². The van der Waals surface area contributed by atoms with E-state index in [2.05, 4.69) is 21.2 Å². The van der Waals surface area contributed by atoms with Crippen molar-refractivity contribution < 1.29 is 24.5 Å². The minimum Gasteiger partial charge on any atom is -0.497 e. The van der Waals surface area contributed by atoms with Crippen molar-refractivity contribution in [1.29, 1.82) is 0 Å². The zero-order valence-electron chi connectivity index (χ0n) is 20.6. The van der Waals surface area contributed by atoms with Gasteiger partial charge in [0.25, 0.3) is 11.8 Å². The summed E-state index contributed by atoms with van der Waals surface area (Å²) in [4.78, 5) is 28.0. The maximum Gasteiger partial charge on any atom is 0.264 e. The molecule has 192 valence electrons. The molecule has 37 heavy (non-hydrogen) atoms. The van der Waals surface area contributed by atoms with E-state index in [9.17, 15) is 14.7 Å². The molecule has 0 unspecified atom stereocenters. The molecule has 0 bridgehead atoms. The van der Waals surface area contributed by atoms with Crippen molar-refractivity contribution in [3.8, 4) is 5.75 Å². The van der Waals surface area contributed by atoms with Crippen molar-refractivity contribution in [3.63, 3.8) is 0 Å². The smallest absolute Gasteiger partial charge is 0.264 e. The molecule has 3 aromatic rings. The third-order valence-electron chi connectivity index (χ3n) is 6.49. The number of benzene rings is 3. The molecule has 3 N–H and O–H groups in total. The minimum atomic E-state index is -1.74. The van der Waals surface area contributed by atoms with Gasteiger partial charge in [-0.05, 0) is 66.6 Å². The fourth-order valence-electron chi connectivity index (χ4n) is 4.47. The molecule has 1 heterocycles. The van der Waals surface area contributed by atoms with Crippen LogP contribution in [0.5, 0.6) is 5.75 Å². The molecule has 3 aromatic carbocycles. The summed E-state index contributed by atoms with van der Waals surface area (Å²) in [5.41, 5.74) is 1.29. The van der Waals surface area contributed by atoms with E-state index in [1.54, 1.807) is 67.5 Å². The number of nitrogens with zero attached hydrogens (tertiary/aromatic N) is 1. The van der Waals surface area contributed by atoms with E-state index < -0.39 is 17.4 Å². The van der Waals surface area contributed by atoms with Gasteiger partial charge in [-0.15, -0.1) is 0 Å². The topological polar surface area (TPSA) is 99.1 Å². The Kier molecular flexibility index (Phi) is 8.12. The zero-order chi connectivity index (χ0) is 26.6. The van der Waals surface area contributed by atoms with Crippen LogP contribution in [0, 0.1) is 5.92 Å². The number of methoxy groups -OCH3 is 1. The van der Waals surface area contributed by atoms with Gasteiger partial charge in [-0.3, -0.25) is 9.59 Å². The number of rotatable bonds is 9. The average Bonchev–Trinajstić information content (AvgIpc) is 3.11. The molecule has 0 aromatic heterocycles. The summed E-state index contributed by atoms with van der Waals surface area (Å²) in [6.45, 7) is 2.00. The quantitative estimate of drug-likeness (QED) is 0.317. The van der Waals surface area contributed by atoms with E-state index in [0.29, 0.717) is 34.7 Å². The molecule has 1 aliphatic heterocycles. The highest BCUT2D eigenvalue weighted by Crippen LogP contribution is 2.46. The number of hydrogen-bond acceptors (Lipinski definition) is 5. The van der Waals surface area contributed by atoms with Crippen LogP contribution in [-0.2, 0) is 16.9 Å². The van der Waals surface area contributed by atoms with Crippen LogP contribution in [0.25, 0.3) is 0 Å². The highest BCUT2D eigenvalue weighted by molar-refractivity contribution is 9.10. The van der Waals surface area contributed by atoms with Crippen LogP contribution in [0.15, 0.2) is 83.4 Å². The highest BCUT2D eigenvalue weighted by atomic mass is 79.9. The third kappa shape index (κ3) is 5.46. The van der Waals surface area contributed by atoms with Crippen LogP contribution in [0.2, 0.25) is 0 Å². The fourth-order valence-corrected chi connectivity index (χ4v) is 4.83. The number of aliphatic hydroxyl groups excluding tert-OH is 1. The predicted octanol–water partition coefficient (Wildman–Crippen LogP) is 5.02. The van der Waals surface area contributed by atoms with Crippen molar-refractivity contribution in [2.75, 3.05) is 23.9 Å². The number of carbonyl (C=O) groups is 2. The third-order valence-corrected chi connectivity index (χ3v) is 6.98. The number of halogens is 1. The van der Waals surface area contributed by atoms with Gasteiger partial charge in [-0.25, -0.2) is 0 Å². The second-order valence-corrected chi connectivity index (χ2v) is 9.85. The second kappa shape index (κ2) is 11.3. The molecule has 2 amide bonds. The SMILES string of the molecule is COc1ccc(C(=O)Nc2cccc(CN3C(=O)[C@@](O)([C@@H](C)/C=C/CCO)c4cc(Br)ccc43)c2)cc1. The maximum absolute atomic E-state index is 13.7.